The lowest BCUT2D eigenvalue weighted by Crippen LogP contribution is -2.14. The third kappa shape index (κ3) is 5.40. The van der Waals surface area contributed by atoms with Crippen molar-refractivity contribution in [2.24, 2.45) is 5.92 Å². The highest BCUT2D eigenvalue weighted by molar-refractivity contribution is 5.92. The number of halogens is 3. The molecule has 1 fully saturated rings. The molecule has 0 atom stereocenters. The van der Waals surface area contributed by atoms with E-state index in [1.165, 1.54) is 75.1 Å². The molecule has 0 heterocycles. The van der Waals surface area contributed by atoms with Crippen LogP contribution in [-0.4, -0.2) is 5.97 Å². The van der Waals surface area contributed by atoms with E-state index in [1.54, 1.807) is 12.1 Å². The van der Waals surface area contributed by atoms with E-state index < -0.39 is 23.4 Å². The van der Waals surface area contributed by atoms with Gasteiger partial charge in [0, 0.05) is 5.39 Å². The van der Waals surface area contributed by atoms with Gasteiger partial charge in [0.15, 0.2) is 17.5 Å². The first-order chi connectivity index (χ1) is 16.0. The Kier molecular flexibility index (Phi) is 7.36. The zero-order valence-corrected chi connectivity index (χ0v) is 18.9. The van der Waals surface area contributed by atoms with Gasteiger partial charge >= 0.3 is 5.97 Å². The number of rotatable bonds is 7. The number of esters is 1. The Balaban J connectivity index is 1.37. The first-order valence-corrected chi connectivity index (χ1v) is 11.9. The van der Waals surface area contributed by atoms with Crippen LogP contribution in [0.25, 0.3) is 10.8 Å². The maximum absolute atomic E-state index is 13.9. The number of fused-ring (bicyclic) bond motifs is 1. The Morgan fingerprint density at radius 2 is 1.64 bits per heavy atom. The maximum Gasteiger partial charge on any atom is 0.343 e. The molecule has 0 radical (unpaired) electrons. The normalized spacial score (nSPS) is 18.4. The molecule has 1 aliphatic carbocycles. The molecule has 174 valence electrons. The van der Waals surface area contributed by atoms with Gasteiger partial charge in [-0.3, -0.25) is 0 Å². The van der Waals surface area contributed by atoms with Crippen LogP contribution in [0.4, 0.5) is 13.2 Å². The standard InChI is InChI=1S/C28H29F3O2/c1-2-3-4-5-18-6-8-19(9-7-18)20-10-12-21(13-11-20)28(32)33-23-14-15-24-22(16-23)17-25(29)27(31)26(24)30/h10-19H,2-9H2,1H3. The molecular weight excluding hydrogens is 425 g/mol. The number of ether oxygens (including phenoxy) is 1. The Hall–Kier alpha value is -2.82. The van der Waals surface area contributed by atoms with Gasteiger partial charge in [-0.15, -0.1) is 0 Å². The second-order valence-corrected chi connectivity index (χ2v) is 9.09. The van der Waals surface area contributed by atoms with Gasteiger partial charge in [-0.25, -0.2) is 18.0 Å². The minimum atomic E-state index is -1.52. The predicted molar refractivity (Wildman–Crippen MR) is 124 cm³/mol. The van der Waals surface area contributed by atoms with Gasteiger partial charge in [-0.05, 0) is 84.9 Å². The summed E-state index contributed by atoms with van der Waals surface area (Å²) in [4.78, 5) is 12.6. The molecule has 0 N–H and O–H groups in total. The summed E-state index contributed by atoms with van der Waals surface area (Å²) in [6, 6.07) is 12.4. The van der Waals surface area contributed by atoms with Crippen LogP contribution in [0, 0.1) is 23.4 Å². The van der Waals surface area contributed by atoms with Crippen LogP contribution in [0.2, 0.25) is 0 Å². The molecule has 0 saturated heterocycles. The maximum atomic E-state index is 13.9. The molecule has 33 heavy (non-hydrogen) atoms. The largest absolute Gasteiger partial charge is 0.423 e. The number of unbranched alkanes of at least 4 members (excludes halogenated alkanes) is 2. The van der Waals surface area contributed by atoms with Crippen molar-refractivity contribution >= 4 is 16.7 Å². The van der Waals surface area contributed by atoms with Gasteiger partial charge in [0.25, 0.3) is 0 Å². The average molecular weight is 455 g/mol. The van der Waals surface area contributed by atoms with Crippen LogP contribution in [-0.2, 0) is 0 Å². The van der Waals surface area contributed by atoms with Crippen molar-refractivity contribution < 1.29 is 22.7 Å². The summed E-state index contributed by atoms with van der Waals surface area (Å²) in [6.45, 7) is 2.24. The van der Waals surface area contributed by atoms with E-state index in [9.17, 15) is 18.0 Å². The van der Waals surface area contributed by atoms with E-state index in [1.807, 2.05) is 12.1 Å². The highest BCUT2D eigenvalue weighted by atomic mass is 19.2. The summed E-state index contributed by atoms with van der Waals surface area (Å²) in [5, 5.41) is 0.0514. The summed E-state index contributed by atoms with van der Waals surface area (Å²) in [7, 11) is 0. The van der Waals surface area contributed by atoms with Crippen molar-refractivity contribution in [1.82, 2.24) is 0 Å². The molecule has 5 heteroatoms. The van der Waals surface area contributed by atoms with Crippen LogP contribution >= 0.6 is 0 Å². The third-order valence-corrected chi connectivity index (χ3v) is 6.84. The summed E-state index contributed by atoms with van der Waals surface area (Å²) < 4.78 is 46.2. The number of hydrogen-bond acceptors (Lipinski definition) is 2. The average Bonchev–Trinajstić information content (AvgIpc) is 2.83. The smallest absolute Gasteiger partial charge is 0.343 e. The lowest BCUT2D eigenvalue weighted by atomic mass is 9.77. The first kappa shape index (κ1) is 23.3. The first-order valence-electron chi connectivity index (χ1n) is 11.9. The monoisotopic (exact) mass is 454 g/mol. The SMILES string of the molecule is CCCCCC1CCC(c2ccc(C(=O)Oc3ccc4c(F)c(F)c(F)cc4c3)cc2)CC1. The molecule has 3 aromatic rings. The topological polar surface area (TPSA) is 26.3 Å². The van der Waals surface area contributed by atoms with Crippen molar-refractivity contribution in [3.63, 3.8) is 0 Å². The van der Waals surface area contributed by atoms with E-state index in [-0.39, 0.29) is 16.5 Å². The lowest BCUT2D eigenvalue weighted by Gasteiger charge is -2.29. The van der Waals surface area contributed by atoms with Crippen molar-refractivity contribution in [3.8, 4) is 5.75 Å². The molecule has 0 amide bonds. The van der Waals surface area contributed by atoms with Gasteiger partial charge in [0.1, 0.15) is 5.75 Å². The Morgan fingerprint density at radius 1 is 0.909 bits per heavy atom. The molecule has 1 saturated carbocycles. The predicted octanol–water partition coefficient (Wildman–Crippen LogP) is 8.33. The summed E-state index contributed by atoms with van der Waals surface area (Å²) >= 11 is 0. The molecule has 3 aromatic carbocycles. The quantitative estimate of drug-likeness (QED) is 0.155. The minimum Gasteiger partial charge on any atom is -0.423 e. The van der Waals surface area contributed by atoms with E-state index in [0.29, 0.717) is 11.5 Å². The van der Waals surface area contributed by atoms with Crippen LogP contribution < -0.4 is 4.74 Å². The summed E-state index contributed by atoms with van der Waals surface area (Å²) in [6.07, 6.45) is 10.2. The fourth-order valence-corrected chi connectivity index (χ4v) is 4.87. The fraction of sp³-hybridized carbons (Fsp3) is 0.393. The highest BCUT2D eigenvalue weighted by Crippen LogP contribution is 2.38. The van der Waals surface area contributed by atoms with Gasteiger partial charge in [0.05, 0.1) is 5.56 Å². The van der Waals surface area contributed by atoms with Crippen LogP contribution in [0.15, 0.2) is 48.5 Å². The highest BCUT2D eigenvalue weighted by Gasteiger charge is 2.22. The second-order valence-electron chi connectivity index (χ2n) is 9.09. The van der Waals surface area contributed by atoms with Crippen molar-refractivity contribution in [2.45, 2.75) is 64.2 Å². The molecule has 0 bridgehead atoms. The zero-order valence-electron chi connectivity index (χ0n) is 18.9. The molecule has 0 aliphatic heterocycles. The lowest BCUT2D eigenvalue weighted by molar-refractivity contribution is 0.0735. The van der Waals surface area contributed by atoms with Gasteiger partial charge in [0.2, 0.25) is 0 Å². The number of benzene rings is 3. The van der Waals surface area contributed by atoms with E-state index in [2.05, 4.69) is 6.92 Å². The van der Waals surface area contributed by atoms with E-state index in [0.717, 1.165) is 12.0 Å². The van der Waals surface area contributed by atoms with E-state index >= 15 is 0 Å². The molecular formula is C28H29F3O2. The number of carbonyl (C=O) groups excluding carboxylic acids is 1. The Labute approximate surface area is 192 Å². The number of carbonyl (C=O) groups is 1. The van der Waals surface area contributed by atoms with Crippen LogP contribution in [0.3, 0.4) is 0 Å². The molecule has 1 aliphatic rings. The van der Waals surface area contributed by atoms with Gasteiger partial charge in [-0.1, -0.05) is 44.7 Å². The zero-order chi connectivity index (χ0) is 23.4. The van der Waals surface area contributed by atoms with Crippen molar-refractivity contribution in [1.29, 1.82) is 0 Å². The summed E-state index contributed by atoms with van der Waals surface area (Å²) in [5.41, 5.74) is 1.65. The van der Waals surface area contributed by atoms with E-state index in [4.69, 9.17) is 4.74 Å². The Bertz CT molecular complexity index is 1120. The number of hydrogen-bond donors (Lipinski definition) is 0. The molecule has 2 nitrogen and oxygen atoms in total. The van der Waals surface area contributed by atoms with Crippen molar-refractivity contribution in [3.05, 3.63) is 77.1 Å². The molecule has 0 aromatic heterocycles. The minimum absolute atomic E-state index is 0.0712. The van der Waals surface area contributed by atoms with Crippen LogP contribution in [0.5, 0.6) is 5.75 Å². The van der Waals surface area contributed by atoms with Gasteiger partial charge in [-0.2, -0.15) is 0 Å². The van der Waals surface area contributed by atoms with Gasteiger partial charge < -0.3 is 4.74 Å². The second kappa shape index (κ2) is 10.4. The van der Waals surface area contributed by atoms with Crippen molar-refractivity contribution in [2.75, 3.05) is 0 Å². The molecule has 4 rings (SSSR count). The Morgan fingerprint density at radius 3 is 2.33 bits per heavy atom. The fourth-order valence-electron chi connectivity index (χ4n) is 4.87. The summed E-state index contributed by atoms with van der Waals surface area (Å²) in [5.74, 6) is -3.09. The van der Waals surface area contributed by atoms with Crippen LogP contribution in [0.1, 0.15) is 80.1 Å². The third-order valence-electron chi connectivity index (χ3n) is 6.84. The molecule has 0 unspecified atom stereocenters. The molecule has 0 spiro atoms.